The van der Waals surface area contributed by atoms with Gasteiger partial charge in [-0.1, -0.05) is 31.4 Å². The highest BCUT2D eigenvalue weighted by Crippen LogP contribution is 2.21. The molecule has 5 nitrogen and oxygen atoms in total. The second-order valence-electron chi connectivity index (χ2n) is 6.40. The number of hydrogen-bond acceptors (Lipinski definition) is 5. The molecule has 128 valence electrons. The predicted octanol–water partition coefficient (Wildman–Crippen LogP) is 4.15. The number of nitrogens with zero attached hydrogens (tertiary/aromatic N) is 2. The van der Waals surface area contributed by atoms with Crippen molar-refractivity contribution in [3.05, 3.63) is 41.6 Å². The highest BCUT2D eigenvalue weighted by molar-refractivity contribution is 5.43. The molecule has 3 rings (SSSR count). The fourth-order valence-corrected chi connectivity index (χ4v) is 3.09. The zero-order valence-electron chi connectivity index (χ0n) is 14.5. The van der Waals surface area contributed by atoms with E-state index in [9.17, 15) is 0 Å². The lowest BCUT2D eigenvalue weighted by Gasteiger charge is -2.23. The van der Waals surface area contributed by atoms with Gasteiger partial charge in [0.05, 0.1) is 7.11 Å². The van der Waals surface area contributed by atoms with Crippen LogP contribution in [0, 0.1) is 6.92 Å². The molecular formula is C19H26N4O. The molecule has 1 heterocycles. The van der Waals surface area contributed by atoms with E-state index < -0.39 is 0 Å². The molecule has 1 fully saturated rings. The minimum absolute atomic E-state index is 0.509. The molecule has 2 aromatic rings. The van der Waals surface area contributed by atoms with Crippen LogP contribution in [-0.4, -0.2) is 23.1 Å². The number of benzene rings is 1. The van der Waals surface area contributed by atoms with Crippen molar-refractivity contribution in [3.8, 4) is 5.75 Å². The summed E-state index contributed by atoms with van der Waals surface area (Å²) in [5.41, 5.74) is 2.16. The van der Waals surface area contributed by atoms with E-state index in [-0.39, 0.29) is 0 Å². The van der Waals surface area contributed by atoms with Crippen molar-refractivity contribution in [2.24, 2.45) is 0 Å². The number of ether oxygens (including phenoxy) is 1. The number of aromatic nitrogens is 2. The molecule has 0 unspecified atom stereocenters. The molecular weight excluding hydrogens is 300 g/mol. The van der Waals surface area contributed by atoms with Gasteiger partial charge < -0.3 is 15.4 Å². The van der Waals surface area contributed by atoms with Gasteiger partial charge in [0, 0.05) is 24.3 Å². The molecule has 0 bridgehead atoms. The van der Waals surface area contributed by atoms with Crippen LogP contribution in [0.3, 0.4) is 0 Å². The Kier molecular flexibility index (Phi) is 5.51. The first-order valence-corrected chi connectivity index (χ1v) is 8.72. The number of aryl methyl sites for hydroxylation is 1. The van der Waals surface area contributed by atoms with Crippen LogP contribution < -0.4 is 15.4 Å². The Bertz CT molecular complexity index is 651. The summed E-state index contributed by atoms with van der Waals surface area (Å²) in [6, 6.07) is 10.5. The van der Waals surface area contributed by atoms with E-state index >= 15 is 0 Å². The Morgan fingerprint density at radius 2 is 1.83 bits per heavy atom. The first kappa shape index (κ1) is 16.6. The van der Waals surface area contributed by atoms with Gasteiger partial charge in [-0.25, -0.2) is 4.98 Å². The Labute approximate surface area is 143 Å². The average Bonchev–Trinajstić information content (AvgIpc) is 2.61. The topological polar surface area (TPSA) is 59.1 Å². The normalized spacial score (nSPS) is 15.1. The lowest BCUT2D eigenvalue weighted by atomic mass is 9.96. The summed E-state index contributed by atoms with van der Waals surface area (Å²) in [4.78, 5) is 9.15. The molecule has 1 aromatic heterocycles. The standard InChI is InChI=1S/C19H26N4O/c1-14-12-18(20-13-15-8-10-17(24-2)11-9-15)23-19(21-14)22-16-6-4-3-5-7-16/h8-12,16H,3-7,13H2,1-2H3,(H2,20,21,22,23). The maximum atomic E-state index is 5.19. The molecule has 1 saturated carbocycles. The molecule has 2 N–H and O–H groups in total. The van der Waals surface area contributed by atoms with Gasteiger partial charge in [0.1, 0.15) is 11.6 Å². The summed E-state index contributed by atoms with van der Waals surface area (Å²) in [6.45, 7) is 2.73. The van der Waals surface area contributed by atoms with E-state index in [1.54, 1.807) is 7.11 Å². The third-order valence-corrected chi connectivity index (χ3v) is 4.43. The Morgan fingerprint density at radius 1 is 1.08 bits per heavy atom. The number of rotatable bonds is 6. The lowest BCUT2D eigenvalue weighted by molar-refractivity contribution is 0.414. The van der Waals surface area contributed by atoms with Gasteiger partial charge in [-0.3, -0.25) is 0 Å². The Morgan fingerprint density at radius 3 is 2.54 bits per heavy atom. The third-order valence-electron chi connectivity index (χ3n) is 4.43. The Hall–Kier alpha value is -2.30. The van der Waals surface area contributed by atoms with E-state index in [0.29, 0.717) is 6.04 Å². The monoisotopic (exact) mass is 326 g/mol. The quantitative estimate of drug-likeness (QED) is 0.835. The first-order chi connectivity index (χ1) is 11.7. The van der Waals surface area contributed by atoms with Crippen LogP contribution in [0.25, 0.3) is 0 Å². The fraction of sp³-hybridized carbons (Fsp3) is 0.474. The van der Waals surface area contributed by atoms with Gasteiger partial charge in [0.25, 0.3) is 0 Å². The van der Waals surface area contributed by atoms with Crippen molar-refractivity contribution in [2.45, 2.75) is 51.6 Å². The molecule has 0 radical (unpaired) electrons. The molecule has 0 saturated heterocycles. The van der Waals surface area contributed by atoms with Crippen LogP contribution in [0.5, 0.6) is 5.75 Å². The zero-order chi connectivity index (χ0) is 16.8. The Balaban J connectivity index is 1.62. The number of nitrogens with one attached hydrogen (secondary N) is 2. The van der Waals surface area contributed by atoms with Crippen molar-refractivity contribution >= 4 is 11.8 Å². The van der Waals surface area contributed by atoms with E-state index in [1.807, 2.05) is 25.1 Å². The van der Waals surface area contributed by atoms with Crippen LogP contribution >= 0.6 is 0 Å². The van der Waals surface area contributed by atoms with Crippen molar-refractivity contribution in [3.63, 3.8) is 0 Å². The summed E-state index contributed by atoms with van der Waals surface area (Å²) in [6.07, 6.45) is 6.37. The van der Waals surface area contributed by atoms with E-state index in [4.69, 9.17) is 4.74 Å². The molecule has 1 aliphatic rings. The summed E-state index contributed by atoms with van der Waals surface area (Å²) >= 11 is 0. The van der Waals surface area contributed by atoms with Crippen LogP contribution in [0.15, 0.2) is 30.3 Å². The molecule has 5 heteroatoms. The van der Waals surface area contributed by atoms with E-state index in [2.05, 4.69) is 32.7 Å². The van der Waals surface area contributed by atoms with Gasteiger partial charge in [0.2, 0.25) is 5.95 Å². The van der Waals surface area contributed by atoms with Crippen molar-refractivity contribution in [2.75, 3.05) is 17.7 Å². The fourth-order valence-electron chi connectivity index (χ4n) is 3.09. The van der Waals surface area contributed by atoms with Gasteiger partial charge in [-0.2, -0.15) is 4.98 Å². The minimum Gasteiger partial charge on any atom is -0.497 e. The molecule has 0 spiro atoms. The van der Waals surface area contributed by atoms with Crippen LogP contribution in [0.2, 0.25) is 0 Å². The SMILES string of the molecule is COc1ccc(CNc2cc(C)nc(NC3CCCCC3)n2)cc1. The highest BCUT2D eigenvalue weighted by Gasteiger charge is 2.14. The number of anilines is 2. The van der Waals surface area contributed by atoms with Crippen molar-refractivity contribution in [1.82, 2.24) is 9.97 Å². The highest BCUT2D eigenvalue weighted by atomic mass is 16.5. The predicted molar refractivity (Wildman–Crippen MR) is 97.6 cm³/mol. The van der Waals surface area contributed by atoms with Crippen molar-refractivity contribution in [1.29, 1.82) is 0 Å². The summed E-state index contributed by atoms with van der Waals surface area (Å²) in [7, 11) is 1.68. The van der Waals surface area contributed by atoms with Crippen molar-refractivity contribution < 1.29 is 4.74 Å². The molecule has 0 aliphatic heterocycles. The van der Waals surface area contributed by atoms with Gasteiger partial charge >= 0.3 is 0 Å². The lowest BCUT2D eigenvalue weighted by Crippen LogP contribution is -2.23. The summed E-state index contributed by atoms with van der Waals surface area (Å²) < 4.78 is 5.19. The largest absolute Gasteiger partial charge is 0.497 e. The van der Waals surface area contributed by atoms with Gasteiger partial charge in [-0.05, 0) is 37.5 Å². The molecule has 1 aliphatic carbocycles. The minimum atomic E-state index is 0.509. The summed E-state index contributed by atoms with van der Waals surface area (Å²) in [5, 5.41) is 6.88. The van der Waals surface area contributed by atoms with Gasteiger partial charge in [0.15, 0.2) is 0 Å². The van der Waals surface area contributed by atoms with E-state index in [0.717, 1.165) is 29.8 Å². The molecule has 24 heavy (non-hydrogen) atoms. The number of methoxy groups -OCH3 is 1. The second-order valence-corrected chi connectivity index (χ2v) is 6.40. The summed E-state index contributed by atoms with van der Waals surface area (Å²) in [5.74, 6) is 2.46. The first-order valence-electron chi connectivity index (χ1n) is 8.72. The smallest absolute Gasteiger partial charge is 0.225 e. The number of hydrogen-bond donors (Lipinski definition) is 2. The zero-order valence-corrected chi connectivity index (χ0v) is 14.5. The maximum absolute atomic E-state index is 5.19. The van der Waals surface area contributed by atoms with Crippen LogP contribution in [0.1, 0.15) is 43.4 Å². The molecule has 0 atom stereocenters. The van der Waals surface area contributed by atoms with Gasteiger partial charge in [-0.15, -0.1) is 0 Å². The van der Waals surface area contributed by atoms with E-state index in [1.165, 1.54) is 37.7 Å². The maximum Gasteiger partial charge on any atom is 0.225 e. The second kappa shape index (κ2) is 7.99. The molecule has 1 aromatic carbocycles. The third kappa shape index (κ3) is 4.60. The van der Waals surface area contributed by atoms with Crippen LogP contribution in [-0.2, 0) is 6.54 Å². The average molecular weight is 326 g/mol. The molecule has 0 amide bonds. The van der Waals surface area contributed by atoms with Crippen LogP contribution in [0.4, 0.5) is 11.8 Å².